The monoisotopic (exact) mass is 326 g/mol. The van der Waals surface area contributed by atoms with E-state index in [0.29, 0.717) is 32.6 Å². The molecule has 0 radical (unpaired) electrons. The highest BCUT2D eigenvalue weighted by Crippen LogP contribution is 2.16. The smallest absolute Gasteiger partial charge is 0.251 e. The number of benzene rings is 1. The number of hydrogen-bond donors (Lipinski definition) is 1. The van der Waals surface area contributed by atoms with E-state index >= 15 is 0 Å². The largest absolute Gasteiger partial charge is 0.383 e. The van der Waals surface area contributed by atoms with Gasteiger partial charge in [-0.05, 0) is 12.5 Å². The molecule has 6 nitrogen and oxygen atoms in total. The van der Waals surface area contributed by atoms with Crippen LogP contribution in [-0.4, -0.2) is 58.2 Å². The minimum Gasteiger partial charge on any atom is -0.383 e. The second-order valence-corrected chi connectivity index (χ2v) is 5.98. The molecule has 1 N–H and O–H groups in total. The van der Waals surface area contributed by atoms with E-state index in [0.717, 1.165) is 17.1 Å². The van der Waals surface area contributed by atoms with Crippen molar-refractivity contribution in [3.8, 4) is 0 Å². The zero-order valence-corrected chi connectivity index (χ0v) is 13.8. The Balaban J connectivity index is 1.56. The highest BCUT2D eigenvalue weighted by molar-refractivity contribution is 5.81. The number of aliphatic hydroxyl groups excluding tert-OH is 1. The lowest BCUT2D eigenvalue weighted by Gasteiger charge is -2.36. The number of carbonyl (C=O) groups is 1. The first-order chi connectivity index (χ1) is 11.6. The number of anilines is 1. The maximum atomic E-state index is 12.4. The second-order valence-electron chi connectivity index (χ2n) is 5.98. The fourth-order valence-electron chi connectivity index (χ4n) is 2.98. The van der Waals surface area contributed by atoms with E-state index in [-0.39, 0.29) is 5.91 Å². The van der Waals surface area contributed by atoms with Gasteiger partial charge in [-0.25, -0.2) is 4.98 Å². The van der Waals surface area contributed by atoms with Crippen LogP contribution in [0.2, 0.25) is 0 Å². The second kappa shape index (κ2) is 7.40. The van der Waals surface area contributed by atoms with Gasteiger partial charge in [-0.15, -0.1) is 0 Å². The molecule has 2 heterocycles. The Morgan fingerprint density at radius 1 is 1.12 bits per heavy atom. The SMILES string of the molecule is Cc1nccnc1N1CCN(C(=O)[C@@H](O)Cc2ccccc2)CC1. The van der Waals surface area contributed by atoms with Gasteiger partial charge in [-0.3, -0.25) is 9.78 Å². The minimum atomic E-state index is -0.989. The number of piperazine rings is 1. The third-order valence-corrected chi connectivity index (χ3v) is 4.30. The van der Waals surface area contributed by atoms with Crippen LogP contribution in [-0.2, 0) is 11.2 Å². The Morgan fingerprint density at radius 2 is 1.79 bits per heavy atom. The van der Waals surface area contributed by atoms with Crippen molar-refractivity contribution in [1.82, 2.24) is 14.9 Å². The Kier molecular flexibility index (Phi) is 5.05. The Labute approximate surface area is 141 Å². The van der Waals surface area contributed by atoms with Crippen LogP contribution in [0.15, 0.2) is 42.7 Å². The summed E-state index contributed by atoms with van der Waals surface area (Å²) in [5.41, 5.74) is 1.86. The number of rotatable bonds is 4. The first-order valence-corrected chi connectivity index (χ1v) is 8.18. The summed E-state index contributed by atoms with van der Waals surface area (Å²) in [6, 6.07) is 9.59. The molecule has 1 aliphatic rings. The van der Waals surface area contributed by atoms with Crippen molar-refractivity contribution in [2.24, 2.45) is 0 Å². The quantitative estimate of drug-likeness (QED) is 0.909. The van der Waals surface area contributed by atoms with Crippen LogP contribution >= 0.6 is 0 Å². The van der Waals surface area contributed by atoms with Crippen molar-refractivity contribution in [3.63, 3.8) is 0 Å². The van der Waals surface area contributed by atoms with Crippen molar-refractivity contribution < 1.29 is 9.90 Å². The van der Waals surface area contributed by atoms with Gasteiger partial charge in [-0.1, -0.05) is 30.3 Å². The van der Waals surface area contributed by atoms with Gasteiger partial charge in [0.2, 0.25) is 0 Å². The van der Waals surface area contributed by atoms with Gasteiger partial charge in [0.15, 0.2) is 0 Å². The minimum absolute atomic E-state index is 0.200. The summed E-state index contributed by atoms with van der Waals surface area (Å²) in [6.07, 6.45) is 2.72. The molecule has 6 heteroatoms. The number of nitrogens with zero attached hydrogens (tertiary/aromatic N) is 4. The van der Waals surface area contributed by atoms with Crippen molar-refractivity contribution in [2.75, 3.05) is 31.1 Å². The zero-order valence-electron chi connectivity index (χ0n) is 13.8. The van der Waals surface area contributed by atoms with E-state index in [1.165, 1.54) is 0 Å². The molecule has 0 bridgehead atoms. The molecule has 0 aliphatic carbocycles. The average molecular weight is 326 g/mol. The van der Waals surface area contributed by atoms with Gasteiger partial charge in [-0.2, -0.15) is 0 Å². The molecular weight excluding hydrogens is 304 g/mol. The molecule has 3 rings (SSSR count). The summed E-state index contributed by atoms with van der Waals surface area (Å²) in [5.74, 6) is 0.670. The Bertz CT molecular complexity index is 684. The zero-order chi connectivity index (χ0) is 16.9. The van der Waals surface area contributed by atoms with Gasteiger partial charge in [0.25, 0.3) is 5.91 Å². The summed E-state index contributed by atoms with van der Waals surface area (Å²) < 4.78 is 0. The van der Waals surface area contributed by atoms with Crippen LogP contribution in [0.4, 0.5) is 5.82 Å². The van der Waals surface area contributed by atoms with Gasteiger partial charge in [0, 0.05) is 45.0 Å². The van der Waals surface area contributed by atoms with E-state index in [2.05, 4.69) is 14.9 Å². The average Bonchev–Trinajstić information content (AvgIpc) is 2.62. The van der Waals surface area contributed by atoms with Crippen molar-refractivity contribution in [3.05, 3.63) is 54.0 Å². The molecule has 1 saturated heterocycles. The maximum Gasteiger partial charge on any atom is 0.251 e. The third kappa shape index (κ3) is 3.71. The molecule has 1 aromatic carbocycles. The maximum absolute atomic E-state index is 12.4. The number of aromatic nitrogens is 2. The molecule has 1 amide bonds. The van der Waals surface area contributed by atoms with Crippen molar-refractivity contribution in [1.29, 1.82) is 0 Å². The summed E-state index contributed by atoms with van der Waals surface area (Å²) >= 11 is 0. The normalized spacial score (nSPS) is 16.1. The molecule has 1 atom stereocenters. The number of hydrogen-bond acceptors (Lipinski definition) is 5. The summed E-state index contributed by atoms with van der Waals surface area (Å²) in [7, 11) is 0. The van der Waals surface area contributed by atoms with Crippen LogP contribution in [0, 0.1) is 6.92 Å². The van der Waals surface area contributed by atoms with E-state index < -0.39 is 6.10 Å². The van der Waals surface area contributed by atoms with E-state index in [1.54, 1.807) is 17.3 Å². The predicted molar refractivity (Wildman–Crippen MR) is 91.7 cm³/mol. The number of aliphatic hydroxyl groups is 1. The van der Waals surface area contributed by atoms with Crippen LogP contribution in [0.5, 0.6) is 0 Å². The molecule has 2 aromatic rings. The molecule has 0 saturated carbocycles. The lowest BCUT2D eigenvalue weighted by molar-refractivity contribution is -0.140. The lowest BCUT2D eigenvalue weighted by Crippen LogP contribution is -2.52. The Hall–Kier alpha value is -2.47. The number of aryl methyl sites for hydroxylation is 1. The summed E-state index contributed by atoms with van der Waals surface area (Å²) in [5, 5.41) is 10.2. The predicted octanol–water partition coefficient (Wildman–Crippen LogP) is 1.04. The molecule has 1 fully saturated rings. The lowest BCUT2D eigenvalue weighted by atomic mass is 10.1. The van der Waals surface area contributed by atoms with Gasteiger partial charge in [0.05, 0.1) is 5.69 Å². The number of carbonyl (C=O) groups excluding carboxylic acids is 1. The van der Waals surface area contributed by atoms with Crippen LogP contribution in [0.3, 0.4) is 0 Å². The number of amides is 1. The van der Waals surface area contributed by atoms with Crippen LogP contribution in [0.25, 0.3) is 0 Å². The summed E-state index contributed by atoms with van der Waals surface area (Å²) in [4.78, 5) is 24.9. The highest BCUT2D eigenvalue weighted by atomic mass is 16.3. The van der Waals surface area contributed by atoms with E-state index in [4.69, 9.17) is 0 Å². The summed E-state index contributed by atoms with van der Waals surface area (Å²) in [6.45, 7) is 4.50. The topological polar surface area (TPSA) is 69.6 Å². The van der Waals surface area contributed by atoms with Gasteiger partial charge >= 0.3 is 0 Å². The molecule has 1 aromatic heterocycles. The van der Waals surface area contributed by atoms with Crippen LogP contribution < -0.4 is 4.90 Å². The molecular formula is C18H22N4O2. The molecule has 0 unspecified atom stereocenters. The molecule has 0 spiro atoms. The van der Waals surface area contributed by atoms with E-state index in [1.807, 2.05) is 37.3 Å². The highest BCUT2D eigenvalue weighted by Gasteiger charge is 2.27. The fourth-order valence-corrected chi connectivity index (χ4v) is 2.98. The fraction of sp³-hybridized carbons (Fsp3) is 0.389. The first kappa shape index (κ1) is 16.4. The van der Waals surface area contributed by atoms with Crippen molar-refractivity contribution >= 4 is 11.7 Å². The van der Waals surface area contributed by atoms with Crippen molar-refractivity contribution in [2.45, 2.75) is 19.4 Å². The standard InChI is InChI=1S/C18H22N4O2/c1-14-17(20-8-7-19-14)21-9-11-22(12-10-21)18(24)16(23)13-15-5-3-2-4-6-15/h2-8,16,23H,9-13H2,1H3/t16-/m0/s1. The van der Waals surface area contributed by atoms with Gasteiger partial charge < -0.3 is 14.9 Å². The molecule has 1 aliphatic heterocycles. The molecule has 126 valence electrons. The third-order valence-electron chi connectivity index (χ3n) is 4.30. The Morgan fingerprint density at radius 3 is 2.46 bits per heavy atom. The first-order valence-electron chi connectivity index (χ1n) is 8.18. The van der Waals surface area contributed by atoms with Crippen LogP contribution in [0.1, 0.15) is 11.3 Å². The van der Waals surface area contributed by atoms with Gasteiger partial charge in [0.1, 0.15) is 11.9 Å². The van der Waals surface area contributed by atoms with E-state index in [9.17, 15) is 9.90 Å². The molecule has 24 heavy (non-hydrogen) atoms.